The van der Waals surface area contributed by atoms with E-state index in [0.29, 0.717) is 27.8 Å². The predicted molar refractivity (Wildman–Crippen MR) is 79.6 cm³/mol. The second-order valence-electron chi connectivity index (χ2n) is 5.05. The molecule has 5 heteroatoms. The monoisotopic (exact) mass is 287 g/mol. The van der Waals surface area contributed by atoms with E-state index >= 15 is 0 Å². The van der Waals surface area contributed by atoms with E-state index < -0.39 is 0 Å². The first kappa shape index (κ1) is 13.8. The van der Waals surface area contributed by atoms with Crippen molar-refractivity contribution < 1.29 is 0 Å². The molecule has 1 fully saturated rings. The fraction of sp³-hybridized carbons (Fsp3) is 0.538. The number of nitrogen functional groups attached to an aromatic ring is 1. The molecule has 0 aliphatic carbocycles. The van der Waals surface area contributed by atoms with E-state index in [0.717, 1.165) is 25.1 Å². The Balaban J connectivity index is 2.08. The molecule has 1 aliphatic heterocycles. The maximum Gasteiger partial charge on any atom is 0.0614 e. The van der Waals surface area contributed by atoms with Crippen molar-refractivity contribution in [2.75, 3.05) is 24.6 Å². The molecule has 1 aromatic rings. The third-order valence-electron chi connectivity index (χ3n) is 3.66. The SMILES string of the molecule is CC1CC(Nc2cc(Cl)c(Cl)cc2N)CCN1C. The van der Waals surface area contributed by atoms with Gasteiger partial charge in [-0.1, -0.05) is 23.2 Å². The second-order valence-corrected chi connectivity index (χ2v) is 5.86. The van der Waals surface area contributed by atoms with Gasteiger partial charge < -0.3 is 16.0 Å². The number of halogens is 2. The average Bonchev–Trinajstić information content (AvgIpc) is 2.31. The molecule has 3 N–H and O–H groups in total. The van der Waals surface area contributed by atoms with Crippen LogP contribution in [0.15, 0.2) is 12.1 Å². The minimum atomic E-state index is 0.441. The average molecular weight is 288 g/mol. The van der Waals surface area contributed by atoms with Crippen molar-refractivity contribution >= 4 is 34.6 Å². The van der Waals surface area contributed by atoms with Gasteiger partial charge in [0.15, 0.2) is 0 Å². The van der Waals surface area contributed by atoms with Crippen molar-refractivity contribution in [3.05, 3.63) is 22.2 Å². The number of rotatable bonds is 2. The van der Waals surface area contributed by atoms with Crippen molar-refractivity contribution in [2.45, 2.75) is 31.8 Å². The van der Waals surface area contributed by atoms with Crippen LogP contribution in [0, 0.1) is 0 Å². The number of nitrogens with two attached hydrogens (primary N) is 1. The lowest BCUT2D eigenvalue weighted by atomic mass is 9.98. The van der Waals surface area contributed by atoms with Crippen LogP contribution < -0.4 is 11.1 Å². The van der Waals surface area contributed by atoms with Crippen molar-refractivity contribution in [1.29, 1.82) is 0 Å². The molecule has 2 rings (SSSR count). The lowest BCUT2D eigenvalue weighted by molar-refractivity contribution is 0.190. The first-order valence-electron chi connectivity index (χ1n) is 6.18. The first-order valence-corrected chi connectivity index (χ1v) is 6.94. The zero-order valence-electron chi connectivity index (χ0n) is 10.7. The van der Waals surface area contributed by atoms with Crippen LogP contribution in [0.25, 0.3) is 0 Å². The normalized spacial score (nSPS) is 25.1. The molecule has 1 aromatic carbocycles. The van der Waals surface area contributed by atoms with Crippen LogP contribution in [0.3, 0.4) is 0 Å². The van der Waals surface area contributed by atoms with Gasteiger partial charge in [0.2, 0.25) is 0 Å². The van der Waals surface area contributed by atoms with Crippen LogP contribution in [0.2, 0.25) is 10.0 Å². The number of benzene rings is 1. The highest BCUT2D eigenvalue weighted by Crippen LogP contribution is 2.32. The highest BCUT2D eigenvalue weighted by atomic mass is 35.5. The molecular weight excluding hydrogens is 269 g/mol. The Kier molecular flexibility index (Phi) is 4.25. The summed E-state index contributed by atoms with van der Waals surface area (Å²) in [5, 5.41) is 4.51. The molecule has 1 aliphatic rings. The van der Waals surface area contributed by atoms with Crippen LogP contribution >= 0.6 is 23.2 Å². The molecule has 0 bridgehead atoms. The molecule has 0 spiro atoms. The predicted octanol–water partition coefficient (Wildman–Crippen LogP) is 3.47. The van der Waals surface area contributed by atoms with Crippen LogP contribution in [-0.4, -0.2) is 30.6 Å². The van der Waals surface area contributed by atoms with Crippen LogP contribution in [0.5, 0.6) is 0 Å². The smallest absolute Gasteiger partial charge is 0.0614 e. The minimum absolute atomic E-state index is 0.441. The summed E-state index contributed by atoms with van der Waals surface area (Å²) >= 11 is 11.9. The van der Waals surface area contributed by atoms with E-state index in [-0.39, 0.29) is 0 Å². The lowest BCUT2D eigenvalue weighted by Gasteiger charge is -2.36. The van der Waals surface area contributed by atoms with Crippen LogP contribution in [0.4, 0.5) is 11.4 Å². The number of nitrogens with one attached hydrogen (secondary N) is 1. The molecule has 2 atom stereocenters. The molecule has 18 heavy (non-hydrogen) atoms. The third kappa shape index (κ3) is 3.02. The summed E-state index contributed by atoms with van der Waals surface area (Å²) in [6.07, 6.45) is 2.22. The Labute approximate surface area is 118 Å². The fourth-order valence-corrected chi connectivity index (χ4v) is 2.66. The Morgan fingerprint density at radius 1 is 1.33 bits per heavy atom. The molecule has 0 amide bonds. The van der Waals surface area contributed by atoms with Gasteiger partial charge in [-0.05, 0) is 38.9 Å². The summed E-state index contributed by atoms with van der Waals surface area (Å²) in [4.78, 5) is 2.37. The highest BCUT2D eigenvalue weighted by Gasteiger charge is 2.23. The zero-order chi connectivity index (χ0) is 13.3. The molecule has 2 unspecified atom stereocenters. The van der Waals surface area contributed by atoms with Crippen molar-refractivity contribution in [1.82, 2.24) is 4.90 Å². The number of hydrogen-bond acceptors (Lipinski definition) is 3. The van der Waals surface area contributed by atoms with Gasteiger partial charge >= 0.3 is 0 Å². The Morgan fingerprint density at radius 3 is 2.67 bits per heavy atom. The molecular formula is C13H19Cl2N3. The third-order valence-corrected chi connectivity index (χ3v) is 4.38. The second kappa shape index (κ2) is 5.55. The maximum atomic E-state index is 6.02. The van der Waals surface area contributed by atoms with Gasteiger partial charge in [0.05, 0.1) is 21.4 Å². The first-order chi connectivity index (χ1) is 8.47. The summed E-state index contributed by atoms with van der Waals surface area (Å²) in [7, 11) is 2.16. The number of nitrogens with zero attached hydrogens (tertiary/aromatic N) is 1. The van der Waals surface area contributed by atoms with E-state index in [1.807, 2.05) is 6.07 Å². The fourth-order valence-electron chi connectivity index (χ4n) is 2.33. The topological polar surface area (TPSA) is 41.3 Å². The van der Waals surface area contributed by atoms with E-state index in [4.69, 9.17) is 28.9 Å². The number of anilines is 2. The number of piperidine rings is 1. The molecule has 1 saturated heterocycles. The van der Waals surface area contributed by atoms with Gasteiger partial charge in [-0.15, -0.1) is 0 Å². The van der Waals surface area contributed by atoms with Crippen molar-refractivity contribution in [3.8, 4) is 0 Å². The largest absolute Gasteiger partial charge is 0.397 e. The van der Waals surface area contributed by atoms with Crippen molar-refractivity contribution in [2.24, 2.45) is 0 Å². The van der Waals surface area contributed by atoms with Gasteiger partial charge in [-0.25, -0.2) is 0 Å². The van der Waals surface area contributed by atoms with E-state index in [9.17, 15) is 0 Å². The number of hydrogen-bond donors (Lipinski definition) is 2. The molecule has 100 valence electrons. The van der Waals surface area contributed by atoms with Crippen LogP contribution in [0.1, 0.15) is 19.8 Å². The number of likely N-dealkylation sites (tertiary alicyclic amines) is 1. The molecule has 3 nitrogen and oxygen atoms in total. The minimum Gasteiger partial charge on any atom is -0.397 e. The molecule has 0 radical (unpaired) electrons. The quantitative estimate of drug-likeness (QED) is 0.819. The summed E-state index contributed by atoms with van der Waals surface area (Å²) in [6.45, 7) is 3.34. The van der Waals surface area contributed by atoms with Crippen molar-refractivity contribution in [3.63, 3.8) is 0 Å². The molecule has 0 saturated carbocycles. The Morgan fingerprint density at radius 2 is 2.00 bits per heavy atom. The highest BCUT2D eigenvalue weighted by molar-refractivity contribution is 6.42. The van der Waals surface area contributed by atoms with Gasteiger partial charge in [0.1, 0.15) is 0 Å². The summed E-state index contributed by atoms with van der Waals surface area (Å²) in [5.41, 5.74) is 7.48. The van der Waals surface area contributed by atoms with Gasteiger partial charge in [0, 0.05) is 18.6 Å². The maximum absolute atomic E-state index is 6.02. The Bertz CT molecular complexity index is 436. The molecule has 1 heterocycles. The zero-order valence-corrected chi connectivity index (χ0v) is 12.2. The van der Waals surface area contributed by atoms with Gasteiger partial charge in [-0.3, -0.25) is 0 Å². The van der Waals surface area contributed by atoms with E-state index in [2.05, 4.69) is 24.2 Å². The summed E-state index contributed by atoms with van der Waals surface area (Å²) in [6, 6.07) is 4.53. The standard InChI is InChI=1S/C13H19Cl2N3/c1-8-5-9(3-4-18(8)2)17-13-7-11(15)10(14)6-12(13)16/h6-9,17H,3-5,16H2,1-2H3. The van der Waals surface area contributed by atoms with Crippen LogP contribution in [-0.2, 0) is 0 Å². The van der Waals surface area contributed by atoms with E-state index in [1.54, 1.807) is 6.07 Å². The van der Waals surface area contributed by atoms with Gasteiger partial charge in [0.25, 0.3) is 0 Å². The Hall–Kier alpha value is -0.640. The lowest BCUT2D eigenvalue weighted by Crippen LogP contribution is -2.42. The summed E-state index contributed by atoms with van der Waals surface area (Å²) < 4.78 is 0. The molecule has 0 aromatic heterocycles. The van der Waals surface area contributed by atoms with Gasteiger partial charge in [-0.2, -0.15) is 0 Å². The summed E-state index contributed by atoms with van der Waals surface area (Å²) in [5.74, 6) is 0. The van der Waals surface area contributed by atoms with E-state index in [1.165, 1.54) is 0 Å².